The molecule has 172 valence electrons. The minimum absolute atomic E-state index is 0.138. The maximum Gasteiger partial charge on any atom is 0.271 e. The number of benzene rings is 1. The number of nitrogens with zero attached hydrogens (tertiary/aromatic N) is 3. The van der Waals surface area contributed by atoms with Gasteiger partial charge >= 0.3 is 0 Å². The number of rotatable bonds is 4. The number of aromatic nitrogens is 2. The van der Waals surface area contributed by atoms with E-state index >= 15 is 0 Å². The smallest absolute Gasteiger partial charge is 0.271 e. The van der Waals surface area contributed by atoms with Gasteiger partial charge < -0.3 is 9.88 Å². The quantitative estimate of drug-likeness (QED) is 0.474. The van der Waals surface area contributed by atoms with E-state index in [4.69, 9.17) is 4.99 Å². The second kappa shape index (κ2) is 8.70. The zero-order chi connectivity index (χ0) is 24.0. The number of anilines is 1. The van der Waals surface area contributed by atoms with Crippen molar-refractivity contribution >= 4 is 40.3 Å². The van der Waals surface area contributed by atoms with Crippen LogP contribution in [0.5, 0.6) is 0 Å². The highest BCUT2D eigenvalue weighted by Crippen LogP contribution is 2.33. The molecule has 0 saturated carbocycles. The van der Waals surface area contributed by atoms with E-state index in [2.05, 4.69) is 16.0 Å². The maximum atomic E-state index is 13.7. The topological polar surface area (TPSA) is 68.4 Å². The third-order valence-corrected chi connectivity index (χ3v) is 8.12. The number of carbonyl (C=O) groups excluding carboxylic acids is 1. The Morgan fingerprint density at radius 1 is 1.12 bits per heavy atom. The molecule has 1 aliphatic heterocycles. The Balaban J connectivity index is 1.67. The number of thiophene rings is 1. The van der Waals surface area contributed by atoms with E-state index in [0.717, 1.165) is 21.8 Å². The molecule has 0 spiro atoms. The Morgan fingerprint density at radius 3 is 2.53 bits per heavy atom. The molecular formula is C26H24N4O2S2. The Kier molecular flexibility index (Phi) is 5.71. The maximum absolute atomic E-state index is 13.7. The predicted molar refractivity (Wildman–Crippen MR) is 138 cm³/mol. The van der Waals surface area contributed by atoms with Gasteiger partial charge in [-0.2, -0.15) is 0 Å². The molecule has 1 N–H and O–H groups in total. The zero-order valence-corrected chi connectivity index (χ0v) is 21.0. The summed E-state index contributed by atoms with van der Waals surface area (Å²) in [5, 5.41) is 4.93. The van der Waals surface area contributed by atoms with Crippen LogP contribution in [0, 0.1) is 13.8 Å². The van der Waals surface area contributed by atoms with E-state index in [0.29, 0.717) is 26.3 Å². The SMILES string of the molecule is CC1=C(C(=O)Nc2ccccc2)[C@H](c2cccs2)n2c(s/c(=C/c3cc(C)n(C)c3C)c2=O)=N1. The third kappa shape index (κ3) is 3.78. The average Bonchev–Trinajstić information content (AvgIpc) is 3.51. The molecule has 1 aromatic carbocycles. The fourth-order valence-electron chi connectivity index (χ4n) is 4.22. The molecule has 0 saturated heterocycles. The zero-order valence-electron chi connectivity index (χ0n) is 19.3. The summed E-state index contributed by atoms with van der Waals surface area (Å²) in [5.74, 6) is -0.255. The lowest BCUT2D eigenvalue weighted by molar-refractivity contribution is -0.113. The van der Waals surface area contributed by atoms with Crippen molar-refractivity contribution in [2.24, 2.45) is 12.0 Å². The highest BCUT2D eigenvalue weighted by atomic mass is 32.1. The lowest BCUT2D eigenvalue weighted by Gasteiger charge is -2.24. The van der Waals surface area contributed by atoms with Crippen molar-refractivity contribution in [1.82, 2.24) is 9.13 Å². The normalized spacial score (nSPS) is 15.9. The minimum Gasteiger partial charge on any atom is -0.352 e. The van der Waals surface area contributed by atoms with Crippen LogP contribution in [-0.4, -0.2) is 15.0 Å². The van der Waals surface area contributed by atoms with Crippen LogP contribution in [0.2, 0.25) is 0 Å². The Labute approximate surface area is 204 Å². The van der Waals surface area contributed by atoms with E-state index in [9.17, 15) is 9.59 Å². The highest BCUT2D eigenvalue weighted by molar-refractivity contribution is 7.10. The van der Waals surface area contributed by atoms with Gasteiger partial charge in [0.25, 0.3) is 11.5 Å². The van der Waals surface area contributed by atoms with Crippen molar-refractivity contribution in [3.63, 3.8) is 0 Å². The van der Waals surface area contributed by atoms with E-state index in [1.54, 1.807) is 4.57 Å². The molecule has 8 heteroatoms. The van der Waals surface area contributed by atoms with E-state index < -0.39 is 6.04 Å². The first kappa shape index (κ1) is 22.3. The second-order valence-electron chi connectivity index (χ2n) is 8.30. The van der Waals surface area contributed by atoms with E-state index in [1.807, 2.05) is 81.7 Å². The molecule has 3 aromatic heterocycles. The Hall–Kier alpha value is -3.49. The van der Waals surface area contributed by atoms with Crippen molar-refractivity contribution in [1.29, 1.82) is 0 Å². The van der Waals surface area contributed by atoms with Gasteiger partial charge in [-0.3, -0.25) is 14.2 Å². The molecule has 0 aliphatic carbocycles. The highest BCUT2D eigenvalue weighted by Gasteiger charge is 2.33. The van der Waals surface area contributed by atoms with Crippen LogP contribution >= 0.6 is 22.7 Å². The predicted octanol–water partition coefficient (Wildman–Crippen LogP) is 3.89. The van der Waals surface area contributed by atoms with Crippen molar-refractivity contribution in [2.45, 2.75) is 26.8 Å². The Morgan fingerprint density at radius 2 is 1.88 bits per heavy atom. The van der Waals surface area contributed by atoms with Crippen molar-refractivity contribution < 1.29 is 4.79 Å². The monoisotopic (exact) mass is 488 g/mol. The van der Waals surface area contributed by atoms with Crippen molar-refractivity contribution in [3.8, 4) is 0 Å². The number of fused-ring (bicyclic) bond motifs is 1. The summed E-state index contributed by atoms with van der Waals surface area (Å²) in [6, 6.07) is 14.8. The molecule has 1 amide bonds. The summed E-state index contributed by atoms with van der Waals surface area (Å²) in [4.78, 5) is 33.4. The van der Waals surface area contributed by atoms with Crippen LogP contribution in [0.3, 0.4) is 0 Å². The number of para-hydroxylation sites is 1. The number of aryl methyl sites for hydroxylation is 1. The molecular weight excluding hydrogens is 464 g/mol. The van der Waals surface area contributed by atoms with Crippen LogP contribution in [0.15, 0.2) is 75.0 Å². The summed E-state index contributed by atoms with van der Waals surface area (Å²) in [6.45, 7) is 5.92. The van der Waals surface area contributed by atoms with Gasteiger partial charge in [-0.05, 0) is 62.1 Å². The first-order chi connectivity index (χ1) is 16.3. The largest absolute Gasteiger partial charge is 0.352 e. The molecule has 1 atom stereocenters. The second-order valence-corrected chi connectivity index (χ2v) is 10.3. The molecule has 34 heavy (non-hydrogen) atoms. The average molecular weight is 489 g/mol. The molecule has 4 aromatic rings. The van der Waals surface area contributed by atoms with Gasteiger partial charge in [0, 0.05) is 29.0 Å². The molecule has 4 heterocycles. The van der Waals surface area contributed by atoms with Crippen molar-refractivity contribution in [3.05, 3.63) is 107 Å². The lowest BCUT2D eigenvalue weighted by Crippen LogP contribution is -2.40. The van der Waals surface area contributed by atoms with Gasteiger partial charge in [0.2, 0.25) is 0 Å². The summed E-state index contributed by atoms with van der Waals surface area (Å²) in [5.41, 5.74) is 4.89. The summed E-state index contributed by atoms with van der Waals surface area (Å²) >= 11 is 2.89. The number of hydrogen-bond acceptors (Lipinski definition) is 5. The van der Waals surface area contributed by atoms with Gasteiger partial charge in [-0.1, -0.05) is 35.6 Å². The van der Waals surface area contributed by atoms with Crippen LogP contribution in [0.25, 0.3) is 6.08 Å². The van der Waals surface area contributed by atoms with Gasteiger partial charge in [0.05, 0.1) is 15.8 Å². The number of hydrogen-bond donors (Lipinski definition) is 1. The van der Waals surface area contributed by atoms with Gasteiger partial charge in [0.15, 0.2) is 4.80 Å². The van der Waals surface area contributed by atoms with Gasteiger partial charge in [0.1, 0.15) is 6.04 Å². The van der Waals surface area contributed by atoms with Gasteiger partial charge in [-0.25, -0.2) is 4.99 Å². The molecule has 0 radical (unpaired) electrons. The van der Waals surface area contributed by atoms with E-state index in [-0.39, 0.29) is 11.5 Å². The fourth-order valence-corrected chi connectivity index (χ4v) is 6.08. The molecule has 0 bridgehead atoms. The number of allylic oxidation sites excluding steroid dienone is 1. The Bertz CT molecular complexity index is 1600. The minimum atomic E-state index is -0.527. The third-order valence-electron chi connectivity index (χ3n) is 6.21. The molecule has 1 aliphatic rings. The van der Waals surface area contributed by atoms with E-state index in [1.165, 1.54) is 22.7 Å². The molecule has 0 fully saturated rings. The number of amides is 1. The fraction of sp³-hybridized carbons (Fsp3) is 0.192. The number of thiazole rings is 1. The lowest BCUT2D eigenvalue weighted by atomic mass is 10.0. The van der Waals surface area contributed by atoms with Crippen LogP contribution in [-0.2, 0) is 11.8 Å². The number of nitrogens with one attached hydrogen (secondary N) is 1. The summed E-state index contributed by atoms with van der Waals surface area (Å²) in [7, 11) is 2.02. The van der Waals surface area contributed by atoms with Crippen LogP contribution in [0.4, 0.5) is 5.69 Å². The van der Waals surface area contributed by atoms with Crippen LogP contribution in [0.1, 0.15) is 34.8 Å². The molecule has 6 nitrogen and oxygen atoms in total. The van der Waals surface area contributed by atoms with Crippen molar-refractivity contribution in [2.75, 3.05) is 5.32 Å². The van der Waals surface area contributed by atoms with Crippen LogP contribution < -0.4 is 20.2 Å². The molecule has 0 unspecified atom stereocenters. The summed E-state index contributed by atoms with van der Waals surface area (Å²) in [6.07, 6.45) is 1.93. The summed E-state index contributed by atoms with van der Waals surface area (Å²) < 4.78 is 4.37. The first-order valence-electron chi connectivity index (χ1n) is 10.9. The standard InChI is InChI=1S/C26H24N4O2S2/c1-15-13-18(17(3)29(15)4)14-21-25(32)30-23(20-11-8-12-33-20)22(16(2)27-26(30)34-21)24(31)28-19-9-6-5-7-10-19/h5-14,23H,1-4H3,(H,28,31)/b21-14+/t23-/m0/s1. The first-order valence-corrected chi connectivity index (χ1v) is 12.6. The molecule has 5 rings (SSSR count). The number of carbonyl (C=O) groups is 1. The van der Waals surface area contributed by atoms with Gasteiger partial charge in [-0.15, -0.1) is 11.3 Å².